The van der Waals surface area contributed by atoms with E-state index in [1.165, 1.54) is 5.56 Å². The predicted octanol–water partition coefficient (Wildman–Crippen LogP) is 3.86. The first kappa shape index (κ1) is 16.9. The van der Waals surface area contributed by atoms with Gasteiger partial charge in [-0.25, -0.2) is 9.97 Å². The molecule has 0 radical (unpaired) electrons. The van der Waals surface area contributed by atoms with Crippen molar-refractivity contribution < 1.29 is 4.79 Å². The van der Waals surface area contributed by atoms with Crippen LogP contribution in [0.25, 0.3) is 0 Å². The Hall–Kier alpha value is -2.43. The molecule has 1 aromatic carbocycles. The van der Waals surface area contributed by atoms with Crippen molar-refractivity contribution in [2.24, 2.45) is 0 Å². The van der Waals surface area contributed by atoms with E-state index < -0.39 is 0 Å². The zero-order valence-corrected chi connectivity index (χ0v) is 14.6. The van der Waals surface area contributed by atoms with Crippen LogP contribution in [0.15, 0.2) is 24.4 Å². The molecule has 0 saturated carbocycles. The molecule has 5 heteroatoms. The van der Waals surface area contributed by atoms with Crippen molar-refractivity contribution in [3.8, 4) is 0 Å². The second kappa shape index (κ2) is 6.36. The molecule has 1 heterocycles. The number of aryl methyl sites for hydroxylation is 3. The maximum absolute atomic E-state index is 12.5. The van der Waals surface area contributed by atoms with Crippen molar-refractivity contribution in [1.82, 2.24) is 9.97 Å². The monoisotopic (exact) mass is 312 g/mol. The maximum Gasteiger partial charge on any atom is 0.274 e. The average Bonchev–Trinajstić information content (AvgIpc) is 2.41. The van der Waals surface area contributed by atoms with Crippen molar-refractivity contribution in [1.29, 1.82) is 0 Å². The average molecular weight is 312 g/mol. The van der Waals surface area contributed by atoms with Gasteiger partial charge >= 0.3 is 0 Å². The predicted molar refractivity (Wildman–Crippen MR) is 94.0 cm³/mol. The van der Waals surface area contributed by atoms with Crippen LogP contribution in [0.3, 0.4) is 0 Å². The van der Waals surface area contributed by atoms with E-state index in [4.69, 9.17) is 0 Å². The molecule has 0 unspecified atom stereocenters. The Kier molecular flexibility index (Phi) is 4.68. The van der Waals surface area contributed by atoms with Crippen LogP contribution >= 0.6 is 0 Å². The first-order valence-electron chi connectivity index (χ1n) is 7.66. The van der Waals surface area contributed by atoms with Gasteiger partial charge in [0.1, 0.15) is 5.69 Å². The molecule has 0 aliphatic heterocycles. The van der Waals surface area contributed by atoms with E-state index in [1.54, 1.807) is 12.3 Å². The summed E-state index contributed by atoms with van der Waals surface area (Å²) in [7, 11) is 0. The summed E-state index contributed by atoms with van der Waals surface area (Å²) in [5, 5.41) is 6.12. The Labute approximate surface area is 137 Å². The summed E-state index contributed by atoms with van der Waals surface area (Å²) in [4.78, 5) is 20.9. The van der Waals surface area contributed by atoms with Gasteiger partial charge in [0.2, 0.25) is 5.95 Å². The van der Waals surface area contributed by atoms with Gasteiger partial charge < -0.3 is 10.6 Å². The van der Waals surface area contributed by atoms with E-state index in [-0.39, 0.29) is 11.4 Å². The molecule has 0 aliphatic carbocycles. The zero-order valence-electron chi connectivity index (χ0n) is 14.6. The number of hydrogen-bond donors (Lipinski definition) is 2. The summed E-state index contributed by atoms with van der Waals surface area (Å²) < 4.78 is 0. The highest BCUT2D eigenvalue weighted by Gasteiger charge is 2.15. The van der Waals surface area contributed by atoms with Crippen LogP contribution in [0.5, 0.6) is 0 Å². The Balaban J connectivity index is 2.23. The lowest BCUT2D eigenvalue weighted by atomic mass is 10.1. The Morgan fingerprint density at radius 3 is 2.26 bits per heavy atom. The molecule has 0 fully saturated rings. The third-order valence-corrected chi connectivity index (χ3v) is 3.29. The molecule has 23 heavy (non-hydrogen) atoms. The molecule has 0 bridgehead atoms. The van der Waals surface area contributed by atoms with Crippen LogP contribution < -0.4 is 10.6 Å². The van der Waals surface area contributed by atoms with Gasteiger partial charge in [-0.15, -0.1) is 0 Å². The minimum atomic E-state index is -0.237. The Bertz CT molecular complexity index is 709. The molecule has 5 nitrogen and oxygen atoms in total. The van der Waals surface area contributed by atoms with Gasteiger partial charge in [-0.05, 0) is 58.7 Å². The molecule has 2 N–H and O–H groups in total. The van der Waals surface area contributed by atoms with Gasteiger partial charge in [-0.3, -0.25) is 4.79 Å². The lowest BCUT2D eigenvalue weighted by Gasteiger charge is -2.20. The van der Waals surface area contributed by atoms with Crippen molar-refractivity contribution in [3.05, 3.63) is 46.8 Å². The first-order valence-corrected chi connectivity index (χ1v) is 7.66. The highest BCUT2D eigenvalue weighted by atomic mass is 16.1. The fourth-order valence-corrected chi connectivity index (χ4v) is 2.44. The number of carbonyl (C=O) groups excluding carboxylic acids is 1. The van der Waals surface area contributed by atoms with E-state index in [0.717, 1.165) is 16.8 Å². The van der Waals surface area contributed by atoms with E-state index in [1.807, 2.05) is 41.5 Å². The Morgan fingerprint density at radius 1 is 1.09 bits per heavy atom. The van der Waals surface area contributed by atoms with Gasteiger partial charge in [0.25, 0.3) is 5.91 Å². The summed E-state index contributed by atoms with van der Waals surface area (Å²) in [5.41, 5.74) is 4.27. The molecule has 0 atom stereocenters. The third kappa shape index (κ3) is 4.52. The quantitative estimate of drug-likeness (QED) is 0.903. The third-order valence-electron chi connectivity index (χ3n) is 3.29. The van der Waals surface area contributed by atoms with Gasteiger partial charge in [0.15, 0.2) is 0 Å². The molecular formula is C18H24N4O. The number of benzene rings is 1. The van der Waals surface area contributed by atoms with Crippen LogP contribution in [-0.4, -0.2) is 21.4 Å². The summed E-state index contributed by atoms with van der Waals surface area (Å²) >= 11 is 0. The largest absolute Gasteiger partial charge is 0.350 e. The maximum atomic E-state index is 12.5. The lowest BCUT2D eigenvalue weighted by Crippen LogP contribution is -2.28. The van der Waals surface area contributed by atoms with E-state index in [2.05, 4.69) is 32.7 Å². The molecule has 0 spiro atoms. The number of anilines is 2. The van der Waals surface area contributed by atoms with E-state index in [0.29, 0.717) is 11.6 Å². The highest BCUT2D eigenvalue weighted by Crippen LogP contribution is 2.22. The van der Waals surface area contributed by atoms with Crippen LogP contribution in [0.1, 0.15) is 48.0 Å². The van der Waals surface area contributed by atoms with Gasteiger partial charge in [-0.2, -0.15) is 0 Å². The molecule has 1 aromatic heterocycles. The number of carbonyl (C=O) groups is 1. The molecule has 0 saturated heterocycles. The topological polar surface area (TPSA) is 66.9 Å². The van der Waals surface area contributed by atoms with Gasteiger partial charge in [-0.1, -0.05) is 17.7 Å². The van der Waals surface area contributed by atoms with Crippen LogP contribution in [-0.2, 0) is 0 Å². The van der Waals surface area contributed by atoms with E-state index >= 15 is 0 Å². The molecule has 2 rings (SSSR count). The molecular weight excluding hydrogens is 288 g/mol. The van der Waals surface area contributed by atoms with Crippen LogP contribution in [0.2, 0.25) is 0 Å². The zero-order chi connectivity index (χ0) is 17.2. The lowest BCUT2D eigenvalue weighted by molar-refractivity contribution is 0.102. The summed E-state index contributed by atoms with van der Waals surface area (Å²) in [6.45, 7) is 12.1. The van der Waals surface area contributed by atoms with Crippen molar-refractivity contribution in [2.75, 3.05) is 10.6 Å². The summed E-state index contributed by atoms with van der Waals surface area (Å²) in [6, 6.07) is 5.71. The van der Waals surface area contributed by atoms with Crippen molar-refractivity contribution >= 4 is 17.5 Å². The van der Waals surface area contributed by atoms with Gasteiger partial charge in [0, 0.05) is 17.4 Å². The van der Waals surface area contributed by atoms with Crippen molar-refractivity contribution in [2.45, 2.75) is 47.1 Å². The fraction of sp³-hybridized carbons (Fsp3) is 0.389. The van der Waals surface area contributed by atoms with E-state index in [9.17, 15) is 4.79 Å². The number of nitrogens with one attached hydrogen (secondary N) is 2. The first-order chi connectivity index (χ1) is 10.7. The van der Waals surface area contributed by atoms with Gasteiger partial charge in [0.05, 0.1) is 0 Å². The van der Waals surface area contributed by atoms with Crippen molar-refractivity contribution in [3.63, 3.8) is 0 Å². The number of amides is 1. The number of hydrogen-bond acceptors (Lipinski definition) is 4. The smallest absolute Gasteiger partial charge is 0.274 e. The number of nitrogens with zero attached hydrogens (tertiary/aromatic N) is 2. The minimum Gasteiger partial charge on any atom is -0.350 e. The standard InChI is InChI=1S/C18H24N4O/c1-11-9-12(2)15(13(3)10-11)21-16(23)14-7-8-19-17(20-14)22-18(4,5)6/h7-10H,1-6H3,(H,21,23)(H,19,20,22). The number of aromatic nitrogens is 2. The second-order valence-corrected chi connectivity index (χ2v) is 6.87. The minimum absolute atomic E-state index is 0.167. The second-order valence-electron chi connectivity index (χ2n) is 6.87. The molecule has 122 valence electrons. The fourth-order valence-electron chi connectivity index (χ4n) is 2.44. The molecule has 1 amide bonds. The van der Waals surface area contributed by atoms with Crippen LogP contribution in [0, 0.1) is 20.8 Å². The molecule has 2 aromatic rings. The molecule has 0 aliphatic rings. The SMILES string of the molecule is Cc1cc(C)c(NC(=O)c2ccnc(NC(C)(C)C)n2)c(C)c1. The van der Waals surface area contributed by atoms with Crippen LogP contribution in [0.4, 0.5) is 11.6 Å². The number of rotatable bonds is 3. The summed E-state index contributed by atoms with van der Waals surface area (Å²) in [5.74, 6) is 0.210. The normalized spacial score (nSPS) is 11.2. The Morgan fingerprint density at radius 2 is 1.70 bits per heavy atom. The summed E-state index contributed by atoms with van der Waals surface area (Å²) in [6.07, 6.45) is 1.59. The highest BCUT2D eigenvalue weighted by molar-refractivity contribution is 6.03.